The molecular weight excluding hydrogens is 244 g/mol. The fourth-order valence-electron chi connectivity index (χ4n) is 2.81. The third-order valence-corrected chi connectivity index (χ3v) is 4.83. The molecule has 18 heavy (non-hydrogen) atoms. The van der Waals surface area contributed by atoms with Crippen molar-refractivity contribution in [3.8, 4) is 0 Å². The molecule has 2 N–H and O–H groups in total. The lowest BCUT2D eigenvalue weighted by atomic mass is 9.95. The summed E-state index contributed by atoms with van der Waals surface area (Å²) in [5.74, 6) is 0.820. The molecule has 2 rings (SSSR count). The van der Waals surface area contributed by atoms with Crippen molar-refractivity contribution in [3.05, 3.63) is 21.9 Å². The van der Waals surface area contributed by atoms with Crippen molar-refractivity contribution in [3.63, 3.8) is 0 Å². The first-order valence-corrected chi connectivity index (χ1v) is 7.44. The van der Waals surface area contributed by atoms with Gasteiger partial charge in [0.1, 0.15) is 0 Å². The molecule has 0 spiro atoms. The molecule has 0 aromatic carbocycles. The summed E-state index contributed by atoms with van der Waals surface area (Å²) in [5.41, 5.74) is 5.75. The first-order chi connectivity index (χ1) is 8.61. The summed E-state index contributed by atoms with van der Waals surface area (Å²) >= 11 is 1.76. The van der Waals surface area contributed by atoms with Crippen molar-refractivity contribution in [2.75, 3.05) is 13.6 Å². The molecule has 0 aliphatic heterocycles. The molecule has 2 atom stereocenters. The van der Waals surface area contributed by atoms with E-state index < -0.39 is 0 Å². The number of rotatable bonds is 4. The number of hydrogen-bond donors (Lipinski definition) is 1. The van der Waals surface area contributed by atoms with Gasteiger partial charge in [-0.15, -0.1) is 11.3 Å². The van der Waals surface area contributed by atoms with Gasteiger partial charge in [0, 0.05) is 22.7 Å². The van der Waals surface area contributed by atoms with Crippen LogP contribution in [0, 0.1) is 18.8 Å². The number of carbonyl (C=O) groups excluding carboxylic acids is 1. The topological polar surface area (TPSA) is 46.3 Å². The maximum Gasteiger partial charge on any atom is 0.226 e. The highest BCUT2D eigenvalue weighted by Gasteiger charge is 2.33. The molecule has 100 valence electrons. The van der Waals surface area contributed by atoms with E-state index in [1.807, 2.05) is 11.9 Å². The molecule has 1 fully saturated rings. The van der Waals surface area contributed by atoms with Gasteiger partial charge in [-0.1, -0.05) is 6.42 Å². The lowest BCUT2D eigenvalue weighted by Gasteiger charge is -2.24. The Morgan fingerprint density at radius 2 is 2.28 bits per heavy atom. The molecule has 1 aliphatic carbocycles. The SMILES string of the molecule is Cc1ccc(CN(C)C(=O)[C@@H]2CCC[C@@H]2CN)s1. The third kappa shape index (κ3) is 2.93. The van der Waals surface area contributed by atoms with E-state index in [1.54, 1.807) is 11.3 Å². The van der Waals surface area contributed by atoms with Gasteiger partial charge in [-0.25, -0.2) is 0 Å². The summed E-state index contributed by atoms with van der Waals surface area (Å²) in [6.07, 6.45) is 3.26. The molecule has 0 radical (unpaired) electrons. The summed E-state index contributed by atoms with van der Waals surface area (Å²) in [6.45, 7) is 3.46. The molecule has 0 saturated heterocycles. The highest BCUT2D eigenvalue weighted by atomic mass is 32.1. The van der Waals surface area contributed by atoms with E-state index in [4.69, 9.17) is 5.73 Å². The number of amides is 1. The van der Waals surface area contributed by atoms with Gasteiger partial charge in [-0.3, -0.25) is 4.79 Å². The van der Waals surface area contributed by atoms with Crippen molar-refractivity contribution in [2.45, 2.75) is 32.7 Å². The van der Waals surface area contributed by atoms with E-state index in [-0.39, 0.29) is 11.8 Å². The van der Waals surface area contributed by atoms with Crippen LogP contribution >= 0.6 is 11.3 Å². The van der Waals surface area contributed by atoms with E-state index in [2.05, 4.69) is 19.1 Å². The predicted octanol–water partition coefficient (Wildman–Crippen LogP) is 2.39. The van der Waals surface area contributed by atoms with Gasteiger partial charge in [-0.05, 0) is 44.4 Å². The Kier molecular flexibility index (Phi) is 4.40. The van der Waals surface area contributed by atoms with Crippen molar-refractivity contribution in [1.29, 1.82) is 0 Å². The van der Waals surface area contributed by atoms with Gasteiger partial charge in [-0.2, -0.15) is 0 Å². The quantitative estimate of drug-likeness (QED) is 0.909. The van der Waals surface area contributed by atoms with Gasteiger partial charge >= 0.3 is 0 Å². The Bertz CT molecular complexity index is 416. The molecule has 1 aromatic heterocycles. The molecule has 1 heterocycles. The average molecular weight is 266 g/mol. The van der Waals surface area contributed by atoms with Crippen LogP contribution in [0.3, 0.4) is 0 Å². The normalized spacial score (nSPS) is 23.3. The molecule has 1 amide bonds. The fraction of sp³-hybridized carbons (Fsp3) is 0.643. The highest BCUT2D eigenvalue weighted by Crippen LogP contribution is 2.32. The first kappa shape index (κ1) is 13.6. The average Bonchev–Trinajstić information content (AvgIpc) is 2.96. The van der Waals surface area contributed by atoms with Crippen LogP contribution in [-0.4, -0.2) is 24.4 Å². The Hall–Kier alpha value is -0.870. The summed E-state index contributed by atoms with van der Waals surface area (Å²) in [7, 11) is 1.91. The smallest absolute Gasteiger partial charge is 0.226 e. The number of hydrogen-bond acceptors (Lipinski definition) is 3. The molecule has 4 heteroatoms. The zero-order valence-corrected chi connectivity index (χ0v) is 12.0. The van der Waals surface area contributed by atoms with Crippen LogP contribution in [0.5, 0.6) is 0 Å². The molecule has 1 aliphatic rings. The van der Waals surface area contributed by atoms with Gasteiger partial charge in [0.25, 0.3) is 0 Å². The molecule has 3 nitrogen and oxygen atoms in total. The van der Waals surface area contributed by atoms with Crippen LogP contribution in [0.2, 0.25) is 0 Å². The number of carbonyl (C=O) groups is 1. The summed E-state index contributed by atoms with van der Waals surface area (Å²) in [6, 6.07) is 4.22. The second-order valence-electron chi connectivity index (χ2n) is 5.24. The highest BCUT2D eigenvalue weighted by molar-refractivity contribution is 7.11. The largest absolute Gasteiger partial charge is 0.340 e. The minimum absolute atomic E-state index is 0.154. The Morgan fingerprint density at radius 1 is 1.50 bits per heavy atom. The van der Waals surface area contributed by atoms with Crippen LogP contribution in [0.25, 0.3) is 0 Å². The summed E-state index contributed by atoms with van der Waals surface area (Å²) in [5, 5.41) is 0. The van der Waals surface area contributed by atoms with Crippen molar-refractivity contribution < 1.29 is 4.79 Å². The van der Waals surface area contributed by atoms with Crippen molar-refractivity contribution >= 4 is 17.2 Å². The van der Waals surface area contributed by atoms with E-state index in [1.165, 1.54) is 9.75 Å². The molecule has 0 unspecified atom stereocenters. The van der Waals surface area contributed by atoms with Crippen LogP contribution in [-0.2, 0) is 11.3 Å². The van der Waals surface area contributed by atoms with Gasteiger partial charge in [0.05, 0.1) is 6.54 Å². The maximum atomic E-state index is 12.4. The second kappa shape index (κ2) is 5.85. The minimum Gasteiger partial charge on any atom is -0.340 e. The number of nitrogens with zero attached hydrogens (tertiary/aromatic N) is 1. The lowest BCUT2D eigenvalue weighted by Crippen LogP contribution is -2.36. The minimum atomic E-state index is 0.154. The van der Waals surface area contributed by atoms with Crippen LogP contribution in [0.15, 0.2) is 12.1 Å². The molecule has 1 aromatic rings. The third-order valence-electron chi connectivity index (χ3n) is 3.84. The summed E-state index contributed by atoms with van der Waals surface area (Å²) < 4.78 is 0. The standard InChI is InChI=1S/C14H22N2OS/c1-10-6-7-12(18-10)9-16(2)14(17)13-5-3-4-11(13)8-15/h6-7,11,13H,3-5,8-9,15H2,1-2H3/t11-,13-/m1/s1. The zero-order chi connectivity index (χ0) is 13.1. The van der Waals surface area contributed by atoms with Crippen LogP contribution in [0.1, 0.15) is 29.0 Å². The number of aryl methyl sites for hydroxylation is 1. The van der Waals surface area contributed by atoms with E-state index >= 15 is 0 Å². The fourth-order valence-corrected chi connectivity index (χ4v) is 3.75. The van der Waals surface area contributed by atoms with E-state index in [0.717, 1.165) is 25.8 Å². The predicted molar refractivity (Wildman–Crippen MR) is 75.4 cm³/mol. The van der Waals surface area contributed by atoms with Gasteiger partial charge in [0.2, 0.25) is 5.91 Å². The Morgan fingerprint density at radius 3 is 2.89 bits per heavy atom. The maximum absolute atomic E-state index is 12.4. The second-order valence-corrected chi connectivity index (χ2v) is 6.61. The van der Waals surface area contributed by atoms with E-state index in [0.29, 0.717) is 12.5 Å². The molecular formula is C14H22N2OS. The van der Waals surface area contributed by atoms with Gasteiger partial charge in [0.15, 0.2) is 0 Å². The monoisotopic (exact) mass is 266 g/mol. The molecule has 1 saturated carbocycles. The van der Waals surface area contributed by atoms with Crippen LogP contribution in [0.4, 0.5) is 0 Å². The summed E-state index contributed by atoms with van der Waals surface area (Å²) in [4.78, 5) is 16.8. The zero-order valence-electron chi connectivity index (χ0n) is 11.2. The Labute approximate surface area is 113 Å². The van der Waals surface area contributed by atoms with Crippen molar-refractivity contribution in [2.24, 2.45) is 17.6 Å². The molecule has 0 bridgehead atoms. The number of nitrogens with two attached hydrogens (primary N) is 1. The Balaban J connectivity index is 1.96. The van der Waals surface area contributed by atoms with Crippen LogP contribution < -0.4 is 5.73 Å². The number of thiophene rings is 1. The van der Waals surface area contributed by atoms with E-state index in [9.17, 15) is 4.79 Å². The lowest BCUT2D eigenvalue weighted by molar-refractivity contribution is -0.135. The van der Waals surface area contributed by atoms with Crippen molar-refractivity contribution in [1.82, 2.24) is 4.90 Å². The van der Waals surface area contributed by atoms with Gasteiger partial charge < -0.3 is 10.6 Å². The first-order valence-electron chi connectivity index (χ1n) is 6.62.